The zero-order valence-corrected chi connectivity index (χ0v) is 13.2. The number of urea groups is 1. The smallest absolute Gasteiger partial charge is 0.326 e. The van der Waals surface area contributed by atoms with Gasteiger partial charge in [-0.1, -0.05) is 19.8 Å². The van der Waals surface area contributed by atoms with E-state index in [9.17, 15) is 9.59 Å². The molecule has 1 rings (SSSR count). The molecule has 1 aliphatic rings. The first kappa shape index (κ1) is 17.1. The Morgan fingerprint density at radius 3 is 2.55 bits per heavy atom. The molecule has 0 aliphatic carbocycles. The van der Waals surface area contributed by atoms with Crippen molar-refractivity contribution in [3.8, 4) is 0 Å². The van der Waals surface area contributed by atoms with Crippen LogP contribution < -0.4 is 5.32 Å². The topological polar surface area (TPSA) is 69.6 Å². The number of carboxylic acids is 1. The Labute approximate surface area is 125 Å². The van der Waals surface area contributed by atoms with Crippen LogP contribution in [0.5, 0.6) is 0 Å². The van der Waals surface area contributed by atoms with Gasteiger partial charge in [0.15, 0.2) is 0 Å². The van der Waals surface area contributed by atoms with Crippen molar-refractivity contribution < 1.29 is 14.7 Å². The van der Waals surface area contributed by atoms with Crippen LogP contribution in [0.3, 0.4) is 0 Å². The predicted octanol–water partition coefficient (Wildman–Crippen LogP) is 2.41. The zero-order valence-electron chi connectivity index (χ0n) is 12.4. The molecule has 0 saturated carbocycles. The number of amides is 2. The lowest BCUT2D eigenvalue weighted by Gasteiger charge is -2.32. The van der Waals surface area contributed by atoms with Crippen LogP contribution in [0.2, 0.25) is 0 Å². The number of nitrogens with zero attached hydrogens (tertiary/aromatic N) is 1. The number of piperidine rings is 1. The normalized spacial score (nSPS) is 17.8. The van der Waals surface area contributed by atoms with Gasteiger partial charge in [-0.15, -0.1) is 0 Å². The van der Waals surface area contributed by atoms with Crippen LogP contribution in [0.25, 0.3) is 0 Å². The fourth-order valence-corrected chi connectivity index (χ4v) is 3.04. The van der Waals surface area contributed by atoms with Gasteiger partial charge in [-0.25, -0.2) is 9.59 Å². The SMILES string of the molecule is CCCC1CCN(C(=O)N[C@H](CCSC)C(=O)O)CC1. The third-order valence-corrected chi connectivity index (χ3v) is 4.45. The number of carbonyl (C=O) groups is 2. The summed E-state index contributed by atoms with van der Waals surface area (Å²) < 4.78 is 0. The lowest BCUT2D eigenvalue weighted by Crippen LogP contribution is -2.50. The second-order valence-electron chi connectivity index (χ2n) is 5.34. The summed E-state index contributed by atoms with van der Waals surface area (Å²) in [5.41, 5.74) is 0. The molecule has 1 heterocycles. The van der Waals surface area contributed by atoms with Crippen molar-refractivity contribution in [1.82, 2.24) is 10.2 Å². The van der Waals surface area contributed by atoms with Crippen molar-refractivity contribution in [3.63, 3.8) is 0 Å². The highest BCUT2D eigenvalue weighted by molar-refractivity contribution is 7.98. The summed E-state index contributed by atoms with van der Waals surface area (Å²) in [6, 6.07) is -1.00. The summed E-state index contributed by atoms with van der Waals surface area (Å²) in [6.07, 6.45) is 6.87. The van der Waals surface area contributed by atoms with Crippen molar-refractivity contribution in [2.75, 3.05) is 25.1 Å². The van der Waals surface area contributed by atoms with Crippen LogP contribution >= 0.6 is 11.8 Å². The average molecular weight is 302 g/mol. The molecule has 0 aromatic carbocycles. The summed E-state index contributed by atoms with van der Waals surface area (Å²) >= 11 is 1.59. The Morgan fingerprint density at radius 2 is 2.05 bits per heavy atom. The van der Waals surface area contributed by atoms with Gasteiger partial charge < -0.3 is 15.3 Å². The van der Waals surface area contributed by atoms with Crippen molar-refractivity contribution >= 4 is 23.8 Å². The number of carbonyl (C=O) groups excluding carboxylic acids is 1. The minimum absolute atomic E-state index is 0.228. The summed E-state index contributed by atoms with van der Waals surface area (Å²) in [4.78, 5) is 25.0. The van der Waals surface area contributed by atoms with Crippen LogP contribution in [0, 0.1) is 5.92 Å². The molecule has 1 fully saturated rings. The summed E-state index contributed by atoms with van der Waals surface area (Å²) in [5.74, 6) is 0.500. The quantitative estimate of drug-likeness (QED) is 0.758. The van der Waals surface area contributed by atoms with Crippen molar-refractivity contribution in [3.05, 3.63) is 0 Å². The van der Waals surface area contributed by atoms with Gasteiger partial charge in [-0.3, -0.25) is 0 Å². The van der Waals surface area contributed by atoms with Gasteiger partial charge in [-0.2, -0.15) is 11.8 Å². The predicted molar refractivity (Wildman–Crippen MR) is 82.2 cm³/mol. The molecule has 6 heteroatoms. The standard InChI is InChI=1S/C14H26N2O3S/c1-3-4-11-5-8-16(9-6-11)14(19)15-12(13(17)18)7-10-20-2/h11-12H,3-10H2,1-2H3,(H,15,19)(H,17,18)/t12-/m1/s1. The van der Waals surface area contributed by atoms with E-state index in [1.807, 2.05) is 6.26 Å². The second-order valence-corrected chi connectivity index (χ2v) is 6.33. The second kappa shape index (κ2) is 9.10. The molecule has 0 bridgehead atoms. The molecular weight excluding hydrogens is 276 g/mol. The monoisotopic (exact) mass is 302 g/mol. The van der Waals surface area contributed by atoms with E-state index in [1.54, 1.807) is 16.7 Å². The molecule has 0 unspecified atom stereocenters. The Balaban J connectivity index is 2.39. The minimum Gasteiger partial charge on any atom is -0.480 e. The van der Waals surface area contributed by atoms with Crippen LogP contribution in [-0.4, -0.2) is 53.1 Å². The van der Waals surface area contributed by atoms with E-state index < -0.39 is 12.0 Å². The van der Waals surface area contributed by atoms with E-state index in [0.29, 0.717) is 6.42 Å². The molecule has 20 heavy (non-hydrogen) atoms. The Hall–Kier alpha value is -0.910. The molecule has 5 nitrogen and oxygen atoms in total. The van der Waals surface area contributed by atoms with Gasteiger partial charge in [0, 0.05) is 13.1 Å². The highest BCUT2D eigenvalue weighted by Crippen LogP contribution is 2.21. The fraction of sp³-hybridized carbons (Fsp3) is 0.857. The largest absolute Gasteiger partial charge is 0.480 e. The Morgan fingerprint density at radius 1 is 1.40 bits per heavy atom. The molecule has 0 spiro atoms. The lowest BCUT2D eigenvalue weighted by atomic mass is 9.93. The van der Waals surface area contributed by atoms with E-state index in [4.69, 9.17) is 5.11 Å². The van der Waals surface area contributed by atoms with Gasteiger partial charge in [-0.05, 0) is 37.2 Å². The number of carboxylic acid groups (broad SMARTS) is 1. The highest BCUT2D eigenvalue weighted by Gasteiger charge is 2.26. The van der Waals surface area contributed by atoms with E-state index in [0.717, 1.165) is 37.6 Å². The van der Waals surface area contributed by atoms with Crippen LogP contribution in [0.4, 0.5) is 4.79 Å². The van der Waals surface area contributed by atoms with Crippen LogP contribution in [0.1, 0.15) is 39.0 Å². The molecular formula is C14H26N2O3S. The molecule has 1 atom stereocenters. The molecule has 1 aliphatic heterocycles. The molecule has 116 valence electrons. The third kappa shape index (κ3) is 5.61. The summed E-state index contributed by atoms with van der Waals surface area (Å²) in [5, 5.41) is 11.8. The van der Waals surface area contributed by atoms with Crippen LogP contribution in [0.15, 0.2) is 0 Å². The molecule has 2 N–H and O–H groups in total. The maximum Gasteiger partial charge on any atom is 0.326 e. The van der Waals surface area contributed by atoms with E-state index >= 15 is 0 Å². The zero-order chi connectivity index (χ0) is 15.0. The number of rotatable bonds is 7. The lowest BCUT2D eigenvalue weighted by molar-refractivity contribution is -0.139. The molecule has 0 aromatic rings. The van der Waals surface area contributed by atoms with Crippen LogP contribution in [-0.2, 0) is 4.79 Å². The minimum atomic E-state index is -0.951. The number of nitrogens with one attached hydrogen (secondary N) is 1. The maximum absolute atomic E-state index is 12.1. The van der Waals surface area contributed by atoms with Gasteiger partial charge in [0.2, 0.25) is 0 Å². The van der Waals surface area contributed by atoms with Gasteiger partial charge >= 0.3 is 12.0 Å². The van der Waals surface area contributed by atoms with Crippen molar-refractivity contribution in [1.29, 1.82) is 0 Å². The average Bonchev–Trinajstić information content (AvgIpc) is 2.44. The van der Waals surface area contributed by atoms with E-state index in [1.165, 1.54) is 12.8 Å². The summed E-state index contributed by atoms with van der Waals surface area (Å²) in [6.45, 7) is 3.67. The number of hydrogen-bond donors (Lipinski definition) is 2. The Bertz CT molecular complexity index is 318. The van der Waals surface area contributed by atoms with E-state index in [-0.39, 0.29) is 6.03 Å². The van der Waals surface area contributed by atoms with Gasteiger partial charge in [0.1, 0.15) is 6.04 Å². The number of likely N-dealkylation sites (tertiary alicyclic amines) is 1. The number of hydrogen-bond acceptors (Lipinski definition) is 3. The molecule has 2 amide bonds. The first-order valence-corrected chi connectivity index (χ1v) is 8.75. The first-order valence-electron chi connectivity index (χ1n) is 7.35. The molecule has 0 radical (unpaired) electrons. The van der Waals surface area contributed by atoms with Crippen molar-refractivity contribution in [2.24, 2.45) is 5.92 Å². The fourth-order valence-electron chi connectivity index (χ4n) is 2.57. The summed E-state index contributed by atoms with van der Waals surface area (Å²) in [7, 11) is 0. The third-order valence-electron chi connectivity index (χ3n) is 3.81. The molecule has 0 aromatic heterocycles. The number of thioether (sulfide) groups is 1. The first-order chi connectivity index (χ1) is 9.58. The van der Waals surface area contributed by atoms with E-state index in [2.05, 4.69) is 12.2 Å². The number of aliphatic carboxylic acids is 1. The maximum atomic E-state index is 12.1. The highest BCUT2D eigenvalue weighted by atomic mass is 32.2. The Kier molecular flexibility index (Phi) is 7.80. The van der Waals surface area contributed by atoms with Crippen molar-refractivity contribution in [2.45, 2.75) is 45.1 Å². The molecule has 1 saturated heterocycles. The van der Waals surface area contributed by atoms with Gasteiger partial charge in [0.25, 0.3) is 0 Å². The van der Waals surface area contributed by atoms with Gasteiger partial charge in [0.05, 0.1) is 0 Å².